The lowest BCUT2D eigenvalue weighted by molar-refractivity contribution is 0.294. The summed E-state index contributed by atoms with van der Waals surface area (Å²) in [5.41, 5.74) is -0.107. The van der Waals surface area contributed by atoms with Crippen molar-refractivity contribution in [1.29, 1.82) is 0 Å². The molecule has 0 spiro atoms. The van der Waals surface area contributed by atoms with Gasteiger partial charge in [0.1, 0.15) is 12.4 Å². The molecule has 0 amide bonds. The fourth-order valence-electron chi connectivity index (χ4n) is 1.67. The molecule has 0 aliphatic carbocycles. The summed E-state index contributed by atoms with van der Waals surface area (Å²) in [5.74, 6) is 0.478. The Morgan fingerprint density at radius 1 is 1.24 bits per heavy atom. The lowest BCUT2D eigenvalue weighted by Crippen LogP contribution is -2.21. The standard InChI is InChI=1S/C13H13BrN2O4S/c14-11-9-10(21(15,18)19)4-5-12(11)20-8-7-16-6-2-1-3-13(16)17/h1-6,9H,7-8H2,(H2,15,18,19). The van der Waals surface area contributed by atoms with Gasteiger partial charge in [0, 0.05) is 12.3 Å². The third kappa shape index (κ3) is 4.16. The number of sulfonamides is 1. The SMILES string of the molecule is NS(=O)(=O)c1ccc(OCCn2ccccc2=O)c(Br)c1. The average Bonchev–Trinajstić information content (AvgIpc) is 2.41. The van der Waals surface area contributed by atoms with E-state index in [1.165, 1.54) is 28.8 Å². The van der Waals surface area contributed by atoms with Crippen LogP contribution in [0.15, 0.2) is 56.8 Å². The molecule has 21 heavy (non-hydrogen) atoms. The van der Waals surface area contributed by atoms with E-state index in [1.54, 1.807) is 18.3 Å². The third-order valence-electron chi connectivity index (χ3n) is 2.72. The Bertz CT molecular complexity index is 802. The quantitative estimate of drug-likeness (QED) is 0.856. The number of pyridine rings is 1. The molecule has 0 unspecified atom stereocenters. The highest BCUT2D eigenvalue weighted by molar-refractivity contribution is 9.10. The number of hydrogen-bond acceptors (Lipinski definition) is 4. The number of benzene rings is 1. The lowest BCUT2D eigenvalue weighted by atomic mass is 10.3. The van der Waals surface area contributed by atoms with Gasteiger partial charge in [-0.05, 0) is 40.2 Å². The number of hydrogen-bond donors (Lipinski definition) is 1. The van der Waals surface area contributed by atoms with Gasteiger partial charge in [0.25, 0.3) is 5.56 Å². The van der Waals surface area contributed by atoms with E-state index in [0.29, 0.717) is 16.8 Å². The molecule has 1 aromatic carbocycles. The van der Waals surface area contributed by atoms with Gasteiger partial charge in [0.2, 0.25) is 10.0 Å². The van der Waals surface area contributed by atoms with Gasteiger partial charge in [-0.3, -0.25) is 4.79 Å². The van der Waals surface area contributed by atoms with Gasteiger partial charge in [0.15, 0.2) is 0 Å². The monoisotopic (exact) mass is 372 g/mol. The maximum Gasteiger partial charge on any atom is 0.250 e. The van der Waals surface area contributed by atoms with Gasteiger partial charge < -0.3 is 9.30 Å². The summed E-state index contributed by atoms with van der Waals surface area (Å²) in [6.45, 7) is 0.667. The molecule has 112 valence electrons. The second-order valence-corrected chi connectivity index (χ2v) is 6.63. The number of aromatic nitrogens is 1. The van der Waals surface area contributed by atoms with Crippen molar-refractivity contribution < 1.29 is 13.2 Å². The van der Waals surface area contributed by atoms with E-state index in [-0.39, 0.29) is 17.1 Å². The normalized spacial score (nSPS) is 11.3. The zero-order valence-corrected chi connectivity index (χ0v) is 13.3. The van der Waals surface area contributed by atoms with Gasteiger partial charge in [-0.25, -0.2) is 13.6 Å². The van der Waals surface area contributed by atoms with Crippen LogP contribution >= 0.6 is 15.9 Å². The fourth-order valence-corrected chi connectivity index (χ4v) is 2.86. The fraction of sp³-hybridized carbons (Fsp3) is 0.154. The van der Waals surface area contributed by atoms with Gasteiger partial charge in [-0.15, -0.1) is 0 Å². The van der Waals surface area contributed by atoms with E-state index in [0.717, 1.165) is 0 Å². The first-order valence-corrected chi connectivity index (χ1v) is 8.32. The number of nitrogens with zero attached hydrogens (tertiary/aromatic N) is 1. The number of halogens is 1. The maximum absolute atomic E-state index is 11.5. The van der Waals surface area contributed by atoms with Gasteiger partial charge >= 0.3 is 0 Å². The predicted octanol–water partition coefficient (Wildman–Crippen LogP) is 1.34. The first kappa shape index (κ1) is 15.7. The van der Waals surface area contributed by atoms with E-state index in [4.69, 9.17) is 9.88 Å². The van der Waals surface area contributed by atoms with Crippen LogP contribution in [0.2, 0.25) is 0 Å². The molecule has 0 saturated carbocycles. The molecule has 0 bridgehead atoms. The van der Waals surface area contributed by atoms with Crippen LogP contribution in [0.4, 0.5) is 0 Å². The summed E-state index contributed by atoms with van der Waals surface area (Å²) < 4.78 is 29.9. The topological polar surface area (TPSA) is 91.4 Å². The molecule has 0 radical (unpaired) electrons. The second-order valence-electron chi connectivity index (χ2n) is 4.22. The third-order valence-corrected chi connectivity index (χ3v) is 4.25. The van der Waals surface area contributed by atoms with Crippen LogP contribution in [0, 0.1) is 0 Å². The molecule has 8 heteroatoms. The van der Waals surface area contributed by atoms with Crippen molar-refractivity contribution in [2.45, 2.75) is 11.4 Å². The molecule has 0 atom stereocenters. The maximum atomic E-state index is 11.5. The Morgan fingerprint density at radius 3 is 2.62 bits per heavy atom. The Kier molecular flexibility index (Phi) is 4.81. The predicted molar refractivity (Wildman–Crippen MR) is 81.7 cm³/mol. The largest absolute Gasteiger partial charge is 0.491 e. The Balaban J connectivity index is 2.05. The highest BCUT2D eigenvalue weighted by Crippen LogP contribution is 2.27. The molecule has 2 N–H and O–H groups in total. The summed E-state index contributed by atoms with van der Waals surface area (Å²) in [6.07, 6.45) is 1.67. The van der Waals surface area contributed by atoms with Crippen molar-refractivity contribution in [2.24, 2.45) is 5.14 Å². The summed E-state index contributed by atoms with van der Waals surface area (Å²) in [6, 6.07) is 9.15. The molecule has 0 saturated heterocycles. The number of primary sulfonamides is 1. The Hall–Kier alpha value is -1.64. The van der Waals surface area contributed by atoms with Crippen LogP contribution in [0.5, 0.6) is 5.75 Å². The first-order chi connectivity index (χ1) is 9.88. The molecule has 0 fully saturated rings. The van der Waals surface area contributed by atoms with Gasteiger partial charge in [0.05, 0.1) is 15.9 Å². The minimum Gasteiger partial charge on any atom is -0.491 e. The molecular weight excluding hydrogens is 360 g/mol. The zero-order valence-electron chi connectivity index (χ0n) is 10.9. The molecular formula is C13H13BrN2O4S. The van der Waals surface area contributed by atoms with Crippen LogP contribution in [-0.2, 0) is 16.6 Å². The minimum absolute atomic E-state index is 0.000929. The smallest absolute Gasteiger partial charge is 0.250 e. The van der Waals surface area contributed by atoms with Gasteiger partial charge in [-0.1, -0.05) is 6.07 Å². The second kappa shape index (κ2) is 6.42. The van der Waals surface area contributed by atoms with Crippen molar-refractivity contribution >= 4 is 26.0 Å². The summed E-state index contributed by atoms with van der Waals surface area (Å²) in [7, 11) is -3.74. The molecule has 0 aliphatic rings. The highest BCUT2D eigenvalue weighted by atomic mass is 79.9. The average molecular weight is 373 g/mol. The Labute approximate surface area is 130 Å². The summed E-state index contributed by atoms with van der Waals surface area (Å²) in [5, 5.41) is 5.04. The number of ether oxygens (including phenoxy) is 1. The molecule has 2 aromatic rings. The van der Waals surface area contributed by atoms with Crippen LogP contribution in [-0.4, -0.2) is 19.6 Å². The van der Waals surface area contributed by atoms with Crippen LogP contribution < -0.4 is 15.4 Å². The molecule has 1 aromatic heterocycles. The summed E-state index contributed by atoms with van der Waals surface area (Å²) >= 11 is 3.23. The molecule has 0 aliphatic heterocycles. The highest BCUT2D eigenvalue weighted by Gasteiger charge is 2.10. The Morgan fingerprint density at radius 2 is 2.00 bits per heavy atom. The van der Waals surface area contributed by atoms with Crippen LogP contribution in [0.25, 0.3) is 0 Å². The van der Waals surface area contributed by atoms with Crippen LogP contribution in [0.3, 0.4) is 0 Å². The van der Waals surface area contributed by atoms with Crippen molar-refractivity contribution in [2.75, 3.05) is 6.61 Å². The summed E-state index contributed by atoms with van der Waals surface area (Å²) in [4.78, 5) is 11.5. The van der Waals surface area contributed by atoms with Crippen molar-refractivity contribution in [3.63, 3.8) is 0 Å². The van der Waals surface area contributed by atoms with E-state index in [2.05, 4.69) is 15.9 Å². The van der Waals surface area contributed by atoms with Crippen molar-refractivity contribution in [3.05, 3.63) is 57.4 Å². The van der Waals surface area contributed by atoms with E-state index >= 15 is 0 Å². The number of nitrogens with two attached hydrogens (primary N) is 1. The molecule has 2 rings (SSSR count). The lowest BCUT2D eigenvalue weighted by Gasteiger charge is -2.10. The number of rotatable bonds is 5. The molecule has 6 nitrogen and oxygen atoms in total. The first-order valence-electron chi connectivity index (χ1n) is 5.98. The van der Waals surface area contributed by atoms with Crippen molar-refractivity contribution in [3.8, 4) is 5.75 Å². The molecule has 1 heterocycles. The minimum atomic E-state index is -3.74. The van der Waals surface area contributed by atoms with E-state index in [1.807, 2.05) is 0 Å². The van der Waals surface area contributed by atoms with Gasteiger partial charge in [-0.2, -0.15) is 0 Å². The van der Waals surface area contributed by atoms with E-state index < -0.39 is 10.0 Å². The zero-order chi connectivity index (χ0) is 15.5. The van der Waals surface area contributed by atoms with E-state index in [9.17, 15) is 13.2 Å². The van der Waals surface area contributed by atoms with Crippen molar-refractivity contribution in [1.82, 2.24) is 4.57 Å². The van der Waals surface area contributed by atoms with Crippen LogP contribution in [0.1, 0.15) is 0 Å².